The average molecular weight is 254 g/mol. The number of β-lactam (4-membered cyclic amide) rings is 1. The molecular formula is C11H14N2O3S. The summed E-state index contributed by atoms with van der Waals surface area (Å²) in [6, 6.07) is 0. The predicted molar refractivity (Wildman–Crippen MR) is 64.9 cm³/mol. The van der Waals surface area contributed by atoms with Crippen molar-refractivity contribution in [3.8, 4) is 0 Å². The van der Waals surface area contributed by atoms with Crippen LogP contribution in [-0.2, 0) is 14.3 Å². The molecule has 92 valence electrons. The lowest BCUT2D eigenvalue weighted by molar-refractivity contribution is -0.152. The van der Waals surface area contributed by atoms with Gasteiger partial charge in [0.25, 0.3) is 0 Å². The summed E-state index contributed by atoms with van der Waals surface area (Å²) in [6.45, 7) is 3.97. The molecule has 1 amide bonds. The standard InChI is InChI=1S/C11H14N2O3S/c1-3-6-5-17-10-7(4-12)9(14)13(10)8(6)11(15)16-2/h3,7,10H,1,4-5,12H2,2H3/t7?,10-/m1/s1. The van der Waals surface area contributed by atoms with E-state index in [2.05, 4.69) is 6.58 Å². The molecule has 2 aliphatic heterocycles. The Labute approximate surface area is 104 Å². The van der Waals surface area contributed by atoms with E-state index in [-0.39, 0.29) is 17.2 Å². The van der Waals surface area contributed by atoms with E-state index in [9.17, 15) is 9.59 Å². The largest absolute Gasteiger partial charge is 0.464 e. The van der Waals surface area contributed by atoms with Crippen molar-refractivity contribution in [1.29, 1.82) is 0 Å². The summed E-state index contributed by atoms with van der Waals surface area (Å²) in [7, 11) is 1.30. The Balaban J connectivity index is 2.36. The van der Waals surface area contributed by atoms with Crippen molar-refractivity contribution in [3.05, 3.63) is 23.9 Å². The first-order valence-electron chi connectivity index (χ1n) is 5.24. The topological polar surface area (TPSA) is 72.6 Å². The Kier molecular flexibility index (Phi) is 3.26. The van der Waals surface area contributed by atoms with Gasteiger partial charge < -0.3 is 10.5 Å². The van der Waals surface area contributed by atoms with Gasteiger partial charge in [-0.2, -0.15) is 0 Å². The minimum atomic E-state index is -0.492. The van der Waals surface area contributed by atoms with Gasteiger partial charge in [0, 0.05) is 12.3 Å². The summed E-state index contributed by atoms with van der Waals surface area (Å²) in [5, 5.41) is -0.0368. The van der Waals surface area contributed by atoms with Crippen LogP contribution < -0.4 is 5.73 Å². The van der Waals surface area contributed by atoms with Crippen LogP contribution in [0.1, 0.15) is 0 Å². The van der Waals surface area contributed by atoms with Crippen LogP contribution in [0.25, 0.3) is 0 Å². The summed E-state index contributed by atoms with van der Waals surface area (Å²) in [4.78, 5) is 25.1. The number of allylic oxidation sites excluding steroid dienone is 1. The van der Waals surface area contributed by atoms with Gasteiger partial charge in [0.1, 0.15) is 5.70 Å². The lowest BCUT2D eigenvalue weighted by Gasteiger charge is -2.49. The molecule has 0 aliphatic carbocycles. The van der Waals surface area contributed by atoms with Crippen LogP contribution in [0.3, 0.4) is 0 Å². The molecule has 0 aromatic heterocycles. The smallest absolute Gasteiger partial charge is 0.355 e. The van der Waals surface area contributed by atoms with Crippen LogP contribution in [0.15, 0.2) is 23.9 Å². The molecule has 2 heterocycles. The Morgan fingerprint density at radius 3 is 3.00 bits per heavy atom. The molecule has 17 heavy (non-hydrogen) atoms. The van der Waals surface area contributed by atoms with Gasteiger partial charge in [0.05, 0.1) is 18.4 Å². The van der Waals surface area contributed by atoms with E-state index >= 15 is 0 Å². The van der Waals surface area contributed by atoms with E-state index in [0.29, 0.717) is 18.0 Å². The number of rotatable bonds is 3. The van der Waals surface area contributed by atoms with Crippen molar-refractivity contribution in [2.24, 2.45) is 11.7 Å². The van der Waals surface area contributed by atoms with Gasteiger partial charge in [-0.3, -0.25) is 9.69 Å². The van der Waals surface area contributed by atoms with E-state index in [1.165, 1.54) is 12.0 Å². The van der Waals surface area contributed by atoms with Gasteiger partial charge in [0.2, 0.25) is 5.91 Å². The van der Waals surface area contributed by atoms with Gasteiger partial charge in [-0.25, -0.2) is 4.79 Å². The highest BCUT2D eigenvalue weighted by Gasteiger charge is 2.52. The first-order valence-corrected chi connectivity index (χ1v) is 6.29. The molecule has 1 fully saturated rings. The van der Waals surface area contributed by atoms with E-state index < -0.39 is 5.97 Å². The minimum Gasteiger partial charge on any atom is -0.464 e. The lowest BCUT2D eigenvalue weighted by atomic mass is 9.95. The first-order chi connectivity index (χ1) is 8.15. The third kappa shape index (κ3) is 1.68. The average Bonchev–Trinajstić information content (AvgIpc) is 2.36. The fraction of sp³-hybridized carbons (Fsp3) is 0.455. The lowest BCUT2D eigenvalue weighted by Crippen LogP contribution is -2.63. The molecule has 2 rings (SSSR count). The van der Waals surface area contributed by atoms with Crippen molar-refractivity contribution in [3.63, 3.8) is 0 Å². The third-order valence-electron chi connectivity index (χ3n) is 2.99. The molecule has 0 saturated carbocycles. The number of esters is 1. The van der Waals surface area contributed by atoms with E-state index in [1.54, 1.807) is 17.8 Å². The molecule has 1 saturated heterocycles. The molecule has 1 unspecified atom stereocenters. The molecule has 0 bridgehead atoms. The van der Waals surface area contributed by atoms with E-state index in [1.807, 2.05) is 0 Å². The zero-order valence-corrected chi connectivity index (χ0v) is 10.3. The fourth-order valence-electron chi connectivity index (χ4n) is 2.05. The number of methoxy groups -OCH3 is 1. The van der Waals surface area contributed by atoms with Crippen LogP contribution in [0.4, 0.5) is 0 Å². The molecule has 0 spiro atoms. The van der Waals surface area contributed by atoms with Gasteiger partial charge in [-0.15, -0.1) is 11.8 Å². The fourth-order valence-corrected chi connectivity index (χ4v) is 3.47. The van der Waals surface area contributed by atoms with Gasteiger partial charge >= 0.3 is 5.97 Å². The molecule has 2 N–H and O–H groups in total. The predicted octanol–water partition coefficient (Wildman–Crippen LogP) is 0.0895. The molecule has 0 radical (unpaired) electrons. The number of nitrogens with zero attached hydrogens (tertiary/aromatic N) is 1. The van der Waals surface area contributed by atoms with Gasteiger partial charge in [-0.1, -0.05) is 12.7 Å². The number of ether oxygens (including phenoxy) is 1. The number of fused-ring (bicyclic) bond motifs is 1. The van der Waals surface area contributed by atoms with Gasteiger partial charge in [0.15, 0.2) is 0 Å². The second-order valence-corrected chi connectivity index (χ2v) is 4.93. The molecular weight excluding hydrogens is 240 g/mol. The third-order valence-corrected chi connectivity index (χ3v) is 4.35. The molecule has 6 heteroatoms. The maximum Gasteiger partial charge on any atom is 0.355 e. The number of thioether (sulfide) groups is 1. The van der Waals surface area contributed by atoms with Crippen LogP contribution in [0.2, 0.25) is 0 Å². The zero-order chi connectivity index (χ0) is 12.6. The highest BCUT2D eigenvalue weighted by atomic mass is 32.2. The number of amides is 1. The molecule has 0 aromatic carbocycles. The summed E-state index contributed by atoms with van der Waals surface area (Å²) in [5.74, 6) is -0.136. The van der Waals surface area contributed by atoms with Crippen molar-refractivity contribution in [2.75, 3.05) is 19.4 Å². The Bertz CT molecular complexity index is 419. The summed E-state index contributed by atoms with van der Waals surface area (Å²) in [6.07, 6.45) is 1.60. The number of carbonyl (C=O) groups is 2. The summed E-state index contributed by atoms with van der Waals surface area (Å²) < 4.78 is 4.71. The van der Waals surface area contributed by atoms with Crippen LogP contribution in [-0.4, -0.2) is 41.6 Å². The zero-order valence-electron chi connectivity index (χ0n) is 9.51. The number of nitrogens with two attached hydrogens (primary N) is 1. The second-order valence-electron chi connectivity index (χ2n) is 3.82. The molecule has 2 aliphatic rings. The maximum atomic E-state index is 11.9. The Hall–Kier alpha value is -1.27. The number of hydrogen-bond acceptors (Lipinski definition) is 5. The van der Waals surface area contributed by atoms with E-state index in [4.69, 9.17) is 10.5 Å². The number of carbonyl (C=O) groups excluding carboxylic acids is 2. The Morgan fingerprint density at radius 2 is 2.47 bits per heavy atom. The van der Waals surface area contributed by atoms with Crippen LogP contribution in [0, 0.1) is 5.92 Å². The van der Waals surface area contributed by atoms with E-state index in [0.717, 1.165) is 5.57 Å². The van der Waals surface area contributed by atoms with Crippen molar-refractivity contribution in [1.82, 2.24) is 4.90 Å². The molecule has 5 nitrogen and oxygen atoms in total. The summed E-state index contributed by atoms with van der Waals surface area (Å²) >= 11 is 1.60. The van der Waals surface area contributed by atoms with Crippen LogP contribution in [0.5, 0.6) is 0 Å². The SMILES string of the molecule is C=CC1=C(C(=O)OC)N2C(=O)C(CN)[C@H]2SC1. The maximum absolute atomic E-state index is 11.9. The highest BCUT2D eigenvalue weighted by molar-refractivity contribution is 8.00. The van der Waals surface area contributed by atoms with Crippen molar-refractivity contribution < 1.29 is 14.3 Å². The second kappa shape index (κ2) is 4.54. The normalized spacial score (nSPS) is 27.4. The monoisotopic (exact) mass is 254 g/mol. The summed E-state index contributed by atoms with van der Waals surface area (Å²) in [5.41, 5.74) is 6.60. The first kappa shape index (κ1) is 12.2. The number of hydrogen-bond donors (Lipinski definition) is 1. The minimum absolute atomic E-state index is 0.0368. The molecule has 2 atom stereocenters. The van der Waals surface area contributed by atoms with Crippen molar-refractivity contribution in [2.45, 2.75) is 5.37 Å². The molecule has 0 aromatic rings. The highest BCUT2D eigenvalue weighted by Crippen LogP contribution is 2.43. The van der Waals surface area contributed by atoms with Crippen LogP contribution >= 0.6 is 11.8 Å². The van der Waals surface area contributed by atoms with Crippen molar-refractivity contribution >= 4 is 23.6 Å². The quantitative estimate of drug-likeness (QED) is 0.571. The van der Waals surface area contributed by atoms with Gasteiger partial charge in [-0.05, 0) is 5.57 Å². The Morgan fingerprint density at radius 1 is 1.76 bits per heavy atom.